The third kappa shape index (κ3) is 3.39. The van der Waals surface area contributed by atoms with Crippen LogP contribution in [0.2, 0.25) is 0 Å². The van der Waals surface area contributed by atoms with Gasteiger partial charge in [-0.1, -0.05) is 55.5 Å². The van der Waals surface area contributed by atoms with E-state index < -0.39 is 0 Å². The summed E-state index contributed by atoms with van der Waals surface area (Å²) < 4.78 is 0. The quantitative estimate of drug-likeness (QED) is 0.732. The zero-order valence-electron chi connectivity index (χ0n) is 13.2. The van der Waals surface area contributed by atoms with Crippen molar-refractivity contribution in [2.45, 2.75) is 26.2 Å². The molecule has 3 heteroatoms. The Hall–Kier alpha value is -1.50. The minimum atomic E-state index is 0. The van der Waals surface area contributed by atoms with Crippen molar-refractivity contribution in [1.29, 1.82) is 0 Å². The number of rotatable bonds is 4. The average molecular weight is 476 g/mol. The van der Waals surface area contributed by atoms with E-state index in [1.54, 1.807) is 0 Å². The topological polar surface area (TPSA) is 37.3 Å². The molecule has 1 N–H and O–H groups in total. The van der Waals surface area contributed by atoms with Crippen molar-refractivity contribution in [3.63, 3.8) is 0 Å². The molecule has 0 heterocycles. The van der Waals surface area contributed by atoms with Crippen molar-refractivity contribution in [2.24, 2.45) is 0 Å². The molecule has 0 unspecified atom stereocenters. The first kappa shape index (κ1) is 17.8. The van der Waals surface area contributed by atoms with Gasteiger partial charge in [0.1, 0.15) is 0 Å². The predicted octanol–water partition coefficient (Wildman–Crippen LogP) is 3.66. The third-order valence-corrected chi connectivity index (χ3v) is 4.30. The summed E-state index contributed by atoms with van der Waals surface area (Å²) in [6.07, 6.45) is 1.84. The number of hydrogen-bond acceptors (Lipinski definition) is 2. The van der Waals surface area contributed by atoms with Gasteiger partial charge in [-0.2, -0.15) is 0 Å². The Balaban J connectivity index is 0.00000192. The Kier molecular flexibility index (Phi) is 6.09. The van der Waals surface area contributed by atoms with E-state index in [9.17, 15) is 9.90 Å². The Bertz CT molecular complexity index is 747. The number of aliphatic hydroxyl groups excluding tert-OH is 1. The predicted molar refractivity (Wildman–Crippen MR) is 89.5 cm³/mol. The molecule has 23 heavy (non-hydrogen) atoms. The molecular formula is C20H20O2W. The van der Waals surface area contributed by atoms with Crippen LogP contribution in [0, 0.1) is 0 Å². The van der Waals surface area contributed by atoms with E-state index in [0.29, 0.717) is 12.8 Å². The summed E-state index contributed by atoms with van der Waals surface area (Å²) in [6.45, 7) is 2.15. The molecule has 0 fully saturated rings. The van der Waals surface area contributed by atoms with Crippen LogP contribution in [-0.2, 0) is 38.7 Å². The van der Waals surface area contributed by atoms with E-state index in [2.05, 4.69) is 19.1 Å². The first-order valence-electron chi connectivity index (χ1n) is 7.80. The maximum absolute atomic E-state index is 12.8. The van der Waals surface area contributed by atoms with Gasteiger partial charge in [0.2, 0.25) is 0 Å². The molecular weight excluding hydrogens is 456 g/mol. The average Bonchev–Trinajstić information content (AvgIpc) is 2.55. The van der Waals surface area contributed by atoms with Crippen molar-refractivity contribution in [3.8, 4) is 0 Å². The molecule has 0 radical (unpaired) electrons. The van der Waals surface area contributed by atoms with Gasteiger partial charge in [0.15, 0.2) is 5.78 Å². The van der Waals surface area contributed by atoms with Gasteiger partial charge in [-0.3, -0.25) is 4.79 Å². The van der Waals surface area contributed by atoms with Crippen molar-refractivity contribution >= 4 is 16.9 Å². The summed E-state index contributed by atoms with van der Waals surface area (Å²) in [5.41, 5.74) is 6.15. The van der Waals surface area contributed by atoms with Crippen LogP contribution in [0.1, 0.15) is 35.6 Å². The fraction of sp³-hybridized carbons (Fsp3) is 0.250. The Morgan fingerprint density at radius 2 is 1.65 bits per heavy atom. The monoisotopic (exact) mass is 476 g/mol. The minimum absolute atomic E-state index is 0. The molecule has 0 amide bonds. The number of aliphatic hydroxyl groups is 1. The number of benzene rings is 2. The summed E-state index contributed by atoms with van der Waals surface area (Å²) in [5.74, 6) is 0.156. The number of carbonyl (C=O) groups excluding carboxylic acids is 1. The summed E-state index contributed by atoms with van der Waals surface area (Å²) in [4.78, 5) is 12.8. The third-order valence-electron chi connectivity index (χ3n) is 4.30. The number of allylic oxidation sites excluding steroid dienone is 1. The molecule has 1 aliphatic rings. The van der Waals surface area contributed by atoms with Gasteiger partial charge >= 0.3 is 0 Å². The summed E-state index contributed by atoms with van der Waals surface area (Å²) >= 11 is 0. The second-order valence-corrected chi connectivity index (χ2v) is 5.59. The molecule has 0 saturated heterocycles. The molecule has 0 atom stereocenters. The molecule has 3 rings (SSSR count). The van der Waals surface area contributed by atoms with Crippen LogP contribution in [0.25, 0.3) is 11.1 Å². The number of ketones is 1. The molecule has 0 spiro atoms. The second-order valence-electron chi connectivity index (χ2n) is 5.59. The van der Waals surface area contributed by atoms with Gasteiger partial charge in [0.05, 0.1) is 0 Å². The normalized spacial score (nSPS) is 13.6. The van der Waals surface area contributed by atoms with Crippen molar-refractivity contribution < 1.29 is 31.0 Å². The summed E-state index contributed by atoms with van der Waals surface area (Å²) in [7, 11) is 0. The first-order chi connectivity index (χ1) is 10.8. The van der Waals surface area contributed by atoms with Gasteiger partial charge in [-0.05, 0) is 40.7 Å². The van der Waals surface area contributed by atoms with Crippen LogP contribution in [-0.4, -0.2) is 17.5 Å². The number of aryl methyl sites for hydroxylation is 1. The van der Waals surface area contributed by atoms with Gasteiger partial charge in [-0.25, -0.2) is 0 Å². The van der Waals surface area contributed by atoms with Crippen LogP contribution in [0.4, 0.5) is 0 Å². The van der Waals surface area contributed by atoms with Crippen molar-refractivity contribution in [1.82, 2.24) is 0 Å². The largest absolute Gasteiger partial charge is 0.396 e. The molecule has 0 bridgehead atoms. The van der Waals surface area contributed by atoms with E-state index in [0.717, 1.165) is 34.3 Å². The second kappa shape index (κ2) is 7.85. The maximum Gasteiger partial charge on any atom is 0.168 e. The van der Waals surface area contributed by atoms with Crippen LogP contribution in [0.15, 0.2) is 48.5 Å². The van der Waals surface area contributed by atoms with E-state index in [4.69, 9.17) is 0 Å². The molecule has 0 aliphatic heterocycles. The van der Waals surface area contributed by atoms with E-state index in [1.165, 1.54) is 5.56 Å². The number of carbonyl (C=O) groups is 1. The van der Waals surface area contributed by atoms with E-state index >= 15 is 0 Å². The van der Waals surface area contributed by atoms with Gasteiger partial charge in [0, 0.05) is 39.7 Å². The van der Waals surface area contributed by atoms with Crippen LogP contribution >= 0.6 is 0 Å². The molecule has 1 aliphatic carbocycles. The molecule has 0 aromatic heterocycles. The van der Waals surface area contributed by atoms with E-state index in [1.807, 2.05) is 36.4 Å². The maximum atomic E-state index is 12.8. The van der Waals surface area contributed by atoms with Crippen LogP contribution in [0.5, 0.6) is 0 Å². The van der Waals surface area contributed by atoms with Crippen LogP contribution in [0.3, 0.4) is 0 Å². The van der Waals surface area contributed by atoms with Crippen LogP contribution < -0.4 is 0 Å². The zero-order valence-corrected chi connectivity index (χ0v) is 16.1. The number of hydrogen-bond donors (Lipinski definition) is 1. The smallest absolute Gasteiger partial charge is 0.168 e. The fourth-order valence-corrected chi connectivity index (χ4v) is 3.29. The Labute approximate surface area is 151 Å². The van der Waals surface area contributed by atoms with Gasteiger partial charge < -0.3 is 5.11 Å². The SMILES string of the molecule is CCc1ccccc1C1=C(CCO)c2ccccc2CC1=O.[W]. The standard InChI is InChI=1S/C20H20O2.W/c1-2-14-7-3-6-10-17(14)20-18(11-12-21)16-9-5-4-8-15(16)13-19(20)22;/h3-10,21H,2,11-13H2,1H3;. The summed E-state index contributed by atoms with van der Waals surface area (Å²) in [5, 5.41) is 9.48. The van der Waals surface area contributed by atoms with Crippen molar-refractivity contribution in [3.05, 3.63) is 70.8 Å². The molecule has 2 aromatic rings. The molecule has 118 valence electrons. The summed E-state index contributed by atoms with van der Waals surface area (Å²) in [6, 6.07) is 16.1. The Morgan fingerprint density at radius 1 is 1.00 bits per heavy atom. The van der Waals surface area contributed by atoms with Gasteiger partial charge in [-0.15, -0.1) is 0 Å². The molecule has 0 saturated carbocycles. The molecule has 2 aromatic carbocycles. The number of fused-ring (bicyclic) bond motifs is 1. The zero-order chi connectivity index (χ0) is 15.5. The first-order valence-corrected chi connectivity index (χ1v) is 7.80. The fourth-order valence-electron chi connectivity index (χ4n) is 3.29. The Morgan fingerprint density at radius 3 is 2.35 bits per heavy atom. The molecule has 2 nitrogen and oxygen atoms in total. The van der Waals surface area contributed by atoms with Gasteiger partial charge in [0.25, 0.3) is 0 Å². The minimum Gasteiger partial charge on any atom is -0.396 e. The number of Topliss-reactive ketones (excluding diaryl/α,β-unsaturated/α-hetero) is 1. The van der Waals surface area contributed by atoms with E-state index in [-0.39, 0.29) is 33.5 Å². The van der Waals surface area contributed by atoms with Crippen molar-refractivity contribution in [2.75, 3.05) is 6.61 Å².